The minimum atomic E-state index is -0.386. The van der Waals surface area contributed by atoms with E-state index in [1.807, 2.05) is 24.3 Å². The van der Waals surface area contributed by atoms with Crippen molar-refractivity contribution < 1.29 is 13.9 Å². The van der Waals surface area contributed by atoms with Crippen molar-refractivity contribution in [2.24, 2.45) is 4.99 Å². The molecular formula is C20H22BrFN4O2. The molecule has 28 heavy (non-hydrogen) atoms. The fourth-order valence-electron chi connectivity index (χ4n) is 2.72. The van der Waals surface area contributed by atoms with Crippen LogP contribution >= 0.6 is 15.9 Å². The van der Waals surface area contributed by atoms with Gasteiger partial charge in [0.25, 0.3) is 5.91 Å². The van der Waals surface area contributed by atoms with Crippen molar-refractivity contribution in [3.8, 4) is 0 Å². The van der Waals surface area contributed by atoms with Crippen LogP contribution in [-0.4, -0.2) is 56.2 Å². The second-order valence-electron chi connectivity index (χ2n) is 6.28. The summed E-state index contributed by atoms with van der Waals surface area (Å²) in [5.74, 6) is -0.392. The van der Waals surface area contributed by atoms with Crippen LogP contribution in [0.1, 0.15) is 10.4 Å². The van der Waals surface area contributed by atoms with Crippen LogP contribution in [-0.2, 0) is 4.74 Å². The molecule has 2 N–H and O–H groups in total. The van der Waals surface area contributed by atoms with Crippen molar-refractivity contribution >= 4 is 33.5 Å². The maximum Gasteiger partial charge on any atom is 0.257 e. The molecule has 0 saturated carbocycles. The topological polar surface area (TPSA) is 66.0 Å². The molecule has 1 heterocycles. The number of morpholine rings is 1. The number of carbonyl (C=O) groups excluding carboxylic acids is 1. The van der Waals surface area contributed by atoms with Crippen LogP contribution < -0.4 is 10.6 Å². The zero-order valence-electron chi connectivity index (χ0n) is 15.3. The average molecular weight is 449 g/mol. The van der Waals surface area contributed by atoms with Crippen molar-refractivity contribution in [2.75, 3.05) is 44.7 Å². The number of guanidine groups is 1. The molecule has 0 spiro atoms. The lowest BCUT2D eigenvalue weighted by atomic mass is 10.2. The number of anilines is 1. The van der Waals surface area contributed by atoms with Crippen molar-refractivity contribution in [1.29, 1.82) is 0 Å². The van der Waals surface area contributed by atoms with Crippen LogP contribution in [0.4, 0.5) is 10.1 Å². The number of nitrogens with one attached hydrogen (secondary N) is 2. The van der Waals surface area contributed by atoms with Crippen LogP contribution in [0.25, 0.3) is 0 Å². The third-order valence-electron chi connectivity index (χ3n) is 4.22. The molecule has 2 aromatic rings. The van der Waals surface area contributed by atoms with Crippen molar-refractivity contribution in [1.82, 2.24) is 10.2 Å². The van der Waals surface area contributed by atoms with E-state index in [0.717, 1.165) is 43.0 Å². The molecule has 6 nitrogen and oxygen atoms in total. The van der Waals surface area contributed by atoms with Gasteiger partial charge in [0.1, 0.15) is 5.82 Å². The van der Waals surface area contributed by atoms with Gasteiger partial charge in [0.15, 0.2) is 0 Å². The molecule has 0 bridgehead atoms. The maximum absolute atomic E-state index is 13.1. The molecule has 0 radical (unpaired) electrons. The minimum absolute atomic E-state index is 0.348. The first kappa shape index (κ1) is 20.4. The number of nitrogens with zero attached hydrogens (tertiary/aromatic N) is 2. The monoisotopic (exact) mass is 448 g/mol. The predicted molar refractivity (Wildman–Crippen MR) is 111 cm³/mol. The summed E-state index contributed by atoms with van der Waals surface area (Å²) < 4.78 is 19.4. The van der Waals surface area contributed by atoms with Crippen molar-refractivity contribution in [3.63, 3.8) is 0 Å². The van der Waals surface area contributed by atoms with E-state index in [4.69, 9.17) is 4.74 Å². The summed E-state index contributed by atoms with van der Waals surface area (Å²) in [4.78, 5) is 19.3. The van der Waals surface area contributed by atoms with Gasteiger partial charge in [-0.1, -0.05) is 22.0 Å². The Balaban J connectivity index is 1.68. The summed E-state index contributed by atoms with van der Waals surface area (Å²) in [5.41, 5.74) is 1.15. The lowest BCUT2D eigenvalue weighted by Crippen LogP contribution is -2.39. The average Bonchev–Trinajstić information content (AvgIpc) is 2.69. The lowest BCUT2D eigenvalue weighted by molar-refractivity contribution is 0.0394. The first-order valence-electron chi connectivity index (χ1n) is 9.04. The molecule has 1 amide bonds. The number of carbonyl (C=O) groups is 1. The van der Waals surface area contributed by atoms with Crippen molar-refractivity contribution in [3.05, 3.63) is 64.4 Å². The Morgan fingerprint density at radius 3 is 2.64 bits per heavy atom. The number of ether oxygens (including phenoxy) is 1. The van der Waals surface area contributed by atoms with Crippen LogP contribution in [0.3, 0.4) is 0 Å². The van der Waals surface area contributed by atoms with Gasteiger partial charge in [-0.05, 0) is 42.5 Å². The Hall–Kier alpha value is -2.29. The number of halogens is 2. The Bertz CT molecular complexity index is 823. The Kier molecular flexibility index (Phi) is 7.53. The molecule has 1 saturated heterocycles. The van der Waals surface area contributed by atoms with E-state index in [9.17, 15) is 9.18 Å². The van der Waals surface area contributed by atoms with E-state index in [0.29, 0.717) is 18.1 Å². The normalized spacial score (nSPS) is 15.3. The number of hydrogen-bond acceptors (Lipinski definition) is 4. The van der Waals surface area contributed by atoms with Crippen LogP contribution in [0.15, 0.2) is 58.0 Å². The smallest absolute Gasteiger partial charge is 0.257 e. The summed E-state index contributed by atoms with van der Waals surface area (Å²) in [5, 5.41) is 5.92. The van der Waals surface area contributed by atoms with E-state index in [1.54, 1.807) is 0 Å². The predicted octanol–water partition coefficient (Wildman–Crippen LogP) is 3.12. The third-order valence-corrected chi connectivity index (χ3v) is 4.71. The van der Waals surface area contributed by atoms with Gasteiger partial charge in [-0.15, -0.1) is 0 Å². The number of rotatable bonds is 5. The quantitative estimate of drug-likeness (QED) is 0.544. The minimum Gasteiger partial charge on any atom is -0.379 e. The highest BCUT2D eigenvalue weighted by Crippen LogP contribution is 2.15. The Labute approximate surface area is 171 Å². The van der Waals surface area contributed by atoms with E-state index in [-0.39, 0.29) is 11.7 Å². The summed E-state index contributed by atoms with van der Waals surface area (Å²) in [6.45, 7) is 4.53. The standard InChI is InChI=1S/C20H22BrFN4O2/c21-16-2-1-3-18(14-16)24-20(23-8-9-26-10-12-28-13-11-26)25-19(27)15-4-6-17(22)7-5-15/h1-7,14H,8-13H2,(H2,23,24,25,27). The number of aliphatic imine (C=N–C) groups is 1. The van der Waals surface area contributed by atoms with Gasteiger partial charge in [-0.25, -0.2) is 4.39 Å². The summed E-state index contributed by atoms with van der Waals surface area (Å²) >= 11 is 3.43. The highest BCUT2D eigenvalue weighted by Gasteiger charge is 2.12. The molecule has 148 valence electrons. The molecule has 3 rings (SSSR count). The molecule has 0 unspecified atom stereocenters. The molecule has 0 atom stereocenters. The van der Waals surface area contributed by atoms with Gasteiger partial charge in [-0.2, -0.15) is 0 Å². The Morgan fingerprint density at radius 2 is 1.93 bits per heavy atom. The molecule has 8 heteroatoms. The number of hydrogen-bond donors (Lipinski definition) is 2. The van der Waals surface area contributed by atoms with E-state index in [2.05, 4.69) is 36.5 Å². The number of amides is 1. The first-order valence-corrected chi connectivity index (χ1v) is 9.83. The van der Waals surface area contributed by atoms with Gasteiger partial charge in [0.2, 0.25) is 5.96 Å². The summed E-state index contributed by atoms with van der Waals surface area (Å²) in [6.07, 6.45) is 0. The van der Waals surface area contributed by atoms with Crippen LogP contribution in [0.2, 0.25) is 0 Å². The lowest BCUT2D eigenvalue weighted by Gasteiger charge is -2.25. The van der Waals surface area contributed by atoms with E-state index < -0.39 is 0 Å². The molecule has 0 aliphatic carbocycles. The largest absolute Gasteiger partial charge is 0.379 e. The maximum atomic E-state index is 13.1. The van der Waals surface area contributed by atoms with Gasteiger partial charge < -0.3 is 10.1 Å². The van der Waals surface area contributed by atoms with Crippen LogP contribution in [0, 0.1) is 5.82 Å². The second-order valence-corrected chi connectivity index (χ2v) is 7.20. The SMILES string of the molecule is O=C(NC(=NCCN1CCOCC1)Nc1cccc(Br)c1)c1ccc(F)cc1. The first-order chi connectivity index (χ1) is 13.6. The van der Waals surface area contributed by atoms with Gasteiger partial charge >= 0.3 is 0 Å². The van der Waals surface area contributed by atoms with Crippen LogP contribution in [0.5, 0.6) is 0 Å². The fraction of sp³-hybridized carbons (Fsp3) is 0.300. The van der Waals surface area contributed by atoms with Gasteiger partial charge in [0.05, 0.1) is 19.8 Å². The molecule has 0 aromatic heterocycles. The zero-order valence-corrected chi connectivity index (χ0v) is 16.9. The highest BCUT2D eigenvalue weighted by atomic mass is 79.9. The highest BCUT2D eigenvalue weighted by molar-refractivity contribution is 9.10. The summed E-state index contributed by atoms with van der Waals surface area (Å²) in [7, 11) is 0. The summed E-state index contributed by atoms with van der Waals surface area (Å²) in [6, 6.07) is 13.0. The molecule has 2 aromatic carbocycles. The Morgan fingerprint density at radius 1 is 1.18 bits per heavy atom. The molecule has 1 aliphatic rings. The molecule has 1 fully saturated rings. The number of benzene rings is 2. The van der Waals surface area contributed by atoms with Crippen molar-refractivity contribution in [2.45, 2.75) is 0 Å². The molecular weight excluding hydrogens is 427 g/mol. The molecule has 1 aliphatic heterocycles. The fourth-order valence-corrected chi connectivity index (χ4v) is 3.12. The zero-order chi connectivity index (χ0) is 19.8. The van der Waals surface area contributed by atoms with Gasteiger partial charge in [-0.3, -0.25) is 20.0 Å². The van der Waals surface area contributed by atoms with E-state index in [1.165, 1.54) is 24.3 Å². The second kappa shape index (κ2) is 10.3. The van der Waals surface area contributed by atoms with Gasteiger partial charge in [0, 0.05) is 35.4 Å². The third kappa shape index (κ3) is 6.40. The van der Waals surface area contributed by atoms with E-state index >= 15 is 0 Å².